The third-order valence-electron chi connectivity index (χ3n) is 4.69. The van der Waals surface area contributed by atoms with Crippen molar-refractivity contribution in [3.63, 3.8) is 0 Å². The maximum absolute atomic E-state index is 6.39. The highest BCUT2D eigenvalue weighted by atomic mass is 15.3. The Morgan fingerprint density at radius 2 is 2.05 bits per heavy atom. The number of hydrogen-bond acceptors (Lipinski definition) is 2. The minimum Gasteiger partial charge on any atom is -0.324 e. The van der Waals surface area contributed by atoms with Crippen LogP contribution in [-0.4, -0.2) is 9.78 Å². The summed E-state index contributed by atoms with van der Waals surface area (Å²) in [5, 5.41) is 4.66. The van der Waals surface area contributed by atoms with Crippen molar-refractivity contribution in [2.24, 2.45) is 5.73 Å². The van der Waals surface area contributed by atoms with E-state index in [4.69, 9.17) is 5.73 Å². The Kier molecular flexibility index (Phi) is 4.11. The van der Waals surface area contributed by atoms with Gasteiger partial charge < -0.3 is 5.73 Å². The lowest BCUT2D eigenvalue weighted by Gasteiger charge is -2.13. The molecule has 1 aromatic heterocycles. The molecule has 1 aromatic carbocycles. The SMILES string of the molecule is CCC(C)n1ccc(CC(N)c2ccc3c(c2)CCC3)n1. The van der Waals surface area contributed by atoms with Crippen LogP contribution in [0.5, 0.6) is 0 Å². The monoisotopic (exact) mass is 283 g/mol. The maximum Gasteiger partial charge on any atom is 0.0643 e. The number of nitrogens with zero attached hydrogens (tertiary/aromatic N) is 2. The molecular formula is C18H25N3. The van der Waals surface area contributed by atoms with Gasteiger partial charge in [-0.05, 0) is 55.4 Å². The van der Waals surface area contributed by atoms with Gasteiger partial charge in [0.1, 0.15) is 0 Å². The lowest BCUT2D eigenvalue weighted by atomic mass is 9.99. The Morgan fingerprint density at radius 1 is 1.24 bits per heavy atom. The Balaban J connectivity index is 1.71. The molecule has 2 aromatic rings. The average Bonchev–Trinajstić information content (AvgIpc) is 3.14. The third kappa shape index (κ3) is 3.03. The van der Waals surface area contributed by atoms with Crippen molar-refractivity contribution in [2.75, 3.05) is 0 Å². The topological polar surface area (TPSA) is 43.8 Å². The van der Waals surface area contributed by atoms with Gasteiger partial charge in [-0.1, -0.05) is 25.1 Å². The van der Waals surface area contributed by atoms with E-state index >= 15 is 0 Å². The molecule has 3 nitrogen and oxygen atoms in total. The number of nitrogens with two attached hydrogens (primary N) is 1. The van der Waals surface area contributed by atoms with Crippen molar-refractivity contribution in [1.82, 2.24) is 9.78 Å². The summed E-state index contributed by atoms with van der Waals surface area (Å²) in [6.45, 7) is 4.37. The lowest BCUT2D eigenvalue weighted by molar-refractivity contribution is 0.472. The molecule has 2 N–H and O–H groups in total. The quantitative estimate of drug-likeness (QED) is 0.911. The molecule has 0 radical (unpaired) electrons. The molecule has 2 atom stereocenters. The van der Waals surface area contributed by atoms with E-state index in [2.05, 4.69) is 49.4 Å². The molecule has 0 spiro atoms. The van der Waals surface area contributed by atoms with Crippen LogP contribution < -0.4 is 5.73 Å². The third-order valence-corrected chi connectivity index (χ3v) is 4.69. The number of benzene rings is 1. The van der Waals surface area contributed by atoms with Crippen molar-refractivity contribution in [2.45, 2.75) is 58.0 Å². The molecule has 3 rings (SSSR count). The van der Waals surface area contributed by atoms with Crippen LogP contribution in [0.4, 0.5) is 0 Å². The van der Waals surface area contributed by atoms with E-state index in [1.807, 2.05) is 4.68 Å². The van der Waals surface area contributed by atoms with Gasteiger partial charge in [0.05, 0.1) is 5.69 Å². The van der Waals surface area contributed by atoms with Gasteiger partial charge in [-0.25, -0.2) is 0 Å². The molecule has 3 heteroatoms. The first-order valence-corrected chi connectivity index (χ1v) is 8.08. The molecule has 21 heavy (non-hydrogen) atoms. The van der Waals surface area contributed by atoms with Crippen LogP contribution in [0.25, 0.3) is 0 Å². The lowest BCUT2D eigenvalue weighted by Crippen LogP contribution is -2.14. The number of rotatable bonds is 5. The zero-order valence-corrected chi connectivity index (χ0v) is 13.0. The van der Waals surface area contributed by atoms with E-state index in [1.165, 1.54) is 36.0 Å². The molecule has 0 saturated carbocycles. The Bertz CT molecular complexity index is 615. The number of aryl methyl sites for hydroxylation is 2. The fourth-order valence-corrected chi connectivity index (χ4v) is 3.08. The van der Waals surface area contributed by atoms with Gasteiger partial charge in [0, 0.05) is 24.7 Å². The summed E-state index contributed by atoms with van der Waals surface area (Å²) in [4.78, 5) is 0. The van der Waals surface area contributed by atoms with Crippen molar-refractivity contribution < 1.29 is 0 Å². The highest BCUT2D eigenvalue weighted by Crippen LogP contribution is 2.26. The first-order valence-electron chi connectivity index (χ1n) is 8.08. The van der Waals surface area contributed by atoms with Gasteiger partial charge in [0.15, 0.2) is 0 Å². The van der Waals surface area contributed by atoms with Crippen LogP contribution in [0.1, 0.15) is 61.2 Å². The molecule has 0 saturated heterocycles. The Hall–Kier alpha value is -1.61. The molecule has 2 unspecified atom stereocenters. The molecule has 1 aliphatic carbocycles. The van der Waals surface area contributed by atoms with Gasteiger partial charge in [-0.3, -0.25) is 4.68 Å². The molecular weight excluding hydrogens is 258 g/mol. The van der Waals surface area contributed by atoms with Crippen LogP contribution in [-0.2, 0) is 19.3 Å². The van der Waals surface area contributed by atoms with Crippen LogP contribution in [0.15, 0.2) is 30.5 Å². The van der Waals surface area contributed by atoms with Gasteiger partial charge in [0.25, 0.3) is 0 Å². The molecule has 1 aliphatic rings. The largest absolute Gasteiger partial charge is 0.324 e. The molecule has 0 fully saturated rings. The zero-order chi connectivity index (χ0) is 14.8. The normalized spacial score (nSPS) is 16.7. The van der Waals surface area contributed by atoms with Crippen LogP contribution in [0.3, 0.4) is 0 Å². The van der Waals surface area contributed by atoms with Gasteiger partial charge in [0.2, 0.25) is 0 Å². The second-order valence-electron chi connectivity index (χ2n) is 6.24. The minimum absolute atomic E-state index is 0.0381. The molecule has 0 amide bonds. The van der Waals surface area contributed by atoms with Crippen molar-refractivity contribution in [1.29, 1.82) is 0 Å². The zero-order valence-electron chi connectivity index (χ0n) is 13.0. The molecule has 112 valence electrons. The predicted octanol–water partition coefficient (Wildman–Crippen LogP) is 3.59. The molecule has 1 heterocycles. The van der Waals surface area contributed by atoms with Crippen molar-refractivity contribution in [3.05, 3.63) is 52.8 Å². The first kappa shape index (κ1) is 14.3. The van der Waals surface area contributed by atoms with E-state index < -0.39 is 0 Å². The van der Waals surface area contributed by atoms with E-state index in [0.717, 1.165) is 18.5 Å². The summed E-state index contributed by atoms with van der Waals surface area (Å²) in [5.41, 5.74) is 11.7. The summed E-state index contributed by atoms with van der Waals surface area (Å²) >= 11 is 0. The predicted molar refractivity (Wildman–Crippen MR) is 86.3 cm³/mol. The van der Waals surface area contributed by atoms with Crippen molar-refractivity contribution >= 4 is 0 Å². The van der Waals surface area contributed by atoms with Gasteiger partial charge in [-0.2, -0.15) is 5.10 Å². The second kappa shape index (κ2) is 6.02. The standard InChI is InChI=1S/C18H25N3/c1-3-13(2)21-10-9-17(20-21)12-18(19)16-8-7-14-5-4-6-15(14)11-16/h7-11,13,18H,3-6,12,19H2,1-2H3. The molecule has 0 bridgehead atoms. The van der Waals surface area contributed by atoms with Gasteiger partial charge in [-0.15, -0.1) is 0 Å². The molecule has 0 aliphatic heterocycles. The van der Waals surface area contributed by atoms with Crippen LogP contribution in [0, 0.1) is 0 Å². The summed E-state index contributed by atoms with van der Waals surface area (Å²) in [6.07, 6.45) is 7.69. The average molecular weight is 283 g/mol. The number of hydrogen-bond donors (Lipinski definition) is 1. The fourth-order valence-electron chi connectivity index (χ4n) is 3.08. The smallest absolute Gasteiger partial charge is 0.0643 e. The Morgan fingerprint density at radius 3 is 2.86 bits per heavy atom. The minimum atomic E-state index is 0.0381. The van der Waals surface area contributed by atoms with Crippen molar-refractivity contribution in [3.8, 4) is 0 Å². The first-order chi connectivity index (χ1) is 10.2. The number of fused-ring (bicyclic) bond motifs is 1. The maximum atomic E-state index is 6.39. The highest BCUT2D eigenvalue weighted by Gasteiger charge is 2.15. The van der Waals surface area contributed by atoms with Crippen LogP contribution >= 0.6 is 0 Å². The van der Waals surface area contributed by atoms with E-state index in [-0.39, 0.29) is 6.04 Å². The second-order valence-corrected chi connectivity index (χ2v) is 6.24. The van der Waals surface area contributed by atoms with E-state index in [9.17, 15) is 0 Å². The fraction of sp³-hybridized carbons (Fsp3) is 0.500. The van der Waals surface area contributed by atoms with Gasteiger partial charge >= 0.3 is 0 Å². The summed E-state index contributed by atoms with van der Waals surface area (Å²) in [7, 11) is 0. The van der Waals surface area contributed by atoms with E-state index in [0.29, 0.717) is 6.04 Å². The van der Waals surface area contributed by atoms with Crippen LogP contribution in [0.2, 0.25) is 0 Å². The summed E-state index contributed by atoms with van der Waals surface area (Å²) in [6, 6.07) is 9.35. The summed E-state index contributed by atoms with van der Waals surface area (Å²) in [5.74, 6) is 0. The highest BCUT2D eigenvalue weighted by molar-refractivity contribution is 5.36. The Labute approximate surface area is 127 Å². The summed E-state index contributed by atoms with van der Waals surface area (Å²) < 4.78 is 2.05. The van der Waals surface area contributed by atoms with E-state index in [1.54, 1.807) is 0 Å². The number of aromatic nitrogens is 2.